The van der Waals surface area contributed by atoms with E-state index in [1.807, 2.05) is 19.0 Å². The molecule has 1 aromatic rings. The van der Waals surface area contributed by atoms with Gasteiger partial charge in [0.25, 0.3) is 0 Å². The molecule has 0 saturated carbocycles. The van der Waals surface area contributed by atoms with E-state index in [0.29, 0.717) is 6.54 Å². The second kappa shape index (κ2) is 8.31. The summed E-state index contributed by atoms with van der Waals surface area (Å²) in [7, 11) is 3.86. The van der Waals surface area contributed by atoms with E-state index in [9.17, 15) is 18.4 Å². The Morgan fingerprint density at radius 3 is 2.48 bits per heavy atom. The molecule has 2 amide bonds. The molecule has 1 aromatic carbocycles. The molecular weight excluding hydrogens is 280 g/mol. The first-order valence-corrected chi connectivity index (χ1v) is 6.55. The molecular formula is C14H19F2N3O2. The van der Waals surface area contributed by atoms with Gasteiger partial charge in [-0.15, -0.1) is 0 Å². The highest BCUT2D eigenvalue weighted by atomic mass is 19.2. The molecule has 0 saturated heterocycles. The lowest BCUT2D eigenvalue weighted by atomic mass is 10.3. The zero-order valence-corrected chi connectivity index (χ0v) is 12.1. The normalized spacial score (nSPS) is 10.5. The standard InChI is InChI=1S/C14H19F2N3O2/c1-19(2)7-3-6-17-13(20)9-14(21)18-10-4-5-11(15)12(16)8-10/h4-5,8H,3,6-7,9H2,1-2H3,(H,17,20)(H,18,21). The number of nitrogens with zero attached hydrogens (tertiary/aromatic N) is 1. The quantitative estimate of drug-likeness (QED) is 0.590. The van der Waals surface area contributed by atoms with Crippen LogP contribution in [0, 0.1) is 11.6 Å². The number of hydrogen-bond donors (Lipinski definition) is 2. The Kier molecular flexibility index (Phi) is 6.74. The number of halogens is 2. The van der Waals surface area contributed by atoms with Crippen LogP contribution in [0.4, 0.5) is 14.5 Å². The minimum atomic E-state index is -1.05. The fourth-order valence-corrected chi connectivity index (χ4v) is 1.61. The molecule has 5 nitrogen and oxygen atoms in total. The monoisotopic (exact) mass is 299 g/mol. The first-order chi connectivity index (χ1) is 9.88. The highest BCUT2D eigenvalue weighted by Crippen LogP contribution is 2.13. The van der Waals surface area contributed by atoms with Gasteiger partial charge >= 0.3 is 0 Å². The van der Waals surface area contributed by atoms with Gasteiger partial charge in [0, 0.05) is 18.3 Å². The van der Waals surface area contributed by atoms with Crippen LogP contribution in [-0.4, -0.2) is 43.9 Å². The fourth-order valence-electron chi connectivity index (χ4n) is 1.61. The number of rotatable bonds is 7. The van der Waals surface area contributed by atoms with Crippen molar-refractivity contribution in [1.82, 2.24) is 10.2 Å². The van der Waals surface area contributed by atoms with Crippen LogP contribution < -0.4 is 10.6 Å². The number of hydrogen-bond acceptors (Lipinski definition) is 3. The first-order valence-electron chi connectivity index (χ1n) is 6.55. The summed E-state index contributed by atoms with van der Waals surface area (Å²) >= 11 is 0. The topological polar surface area (TPSA) is 61.4 Å². The Morgan fingerprint density at radius 2 is 1.86 bits per heavy atom. The third kappa shape index (κ3) is 6.80. The van der Waals surface area contributed by atoms with E-state index < -0.39 is 23.4 Å². The van der Waals surface area contributed by atoms with Gasteiger partial charge in [0.15, 0.2) is 11.6 Å². The van der Waals surface area contributed by atoms with Crippen molar-refractivity contribution in [3.05, 3.63) is 29.8 Å². The van der Waals surface area contributed by atoms with Crippen LogP contribution in [0.25, 0.3) is 0 Å². The van der Waals surface area contributed by atoms with Crippen molar-refractivity contribution in [2.75, 3.05) is 32.5 Å². The molecule has 0 fully saturated rings. The molecule has 21 heavy (non-hydrogen) atoms. The summed E-state index contributed by atoms with van der Waals surface area (Å²) in [5.41, 5.74) is 0.110. The van der Waals surface area contributed by atoms with E-state index in [0.717, 1.165) is 25.1 Å². The molecule has 0 aliphatic carbocycles. The Bertz CT molecular complexity index is 507. The highest BCUT2D eigenvalue weighted by molar-refractivity contribution is 6.03. The lowest BCUT2D eigenvalue weighted by molar-refractivity contribution is -0.126. The van der Waals surface area contributed by atoms with Crippen molar-refractivity contribution in [3.63, 3.8) is 0 Å². The van der Waals surface area contributed by atoms with Gasteiger partial charge in [0.1, 0.15) is 6.42 Å². The van der Waals surface area contributed by atoms with Crippen LogP contribution in [-0.2, 0) is 9.59 Å². The maximum Gasteiger partial charge on any atom is 0.233 e. The molecule has 7 heteroatoms. The summed E-state index contributed by atoms with van der Waals surface area (Å²) in [6.45, 7) is 1.32. The molecule has 0 atom stereocenters. The third-order valence-corrected chi connectivity index (χ3v) is 2.63. The molecule has 116 valence electrons. The molecule has 1 rings (SSSR count). The van der Waals surface area contributed by atoms with Gasteiger partial charge < -0.3 is 15.5 Å². The Balaban J connectivity index is 2.32. The predicted molar refractivity (Wildman–Crippen MR) is 75.8 cm³/mol. The molecule has 0 aliphatic heterocycles. The molecule has 0 unspecified atom stereocenters. The van der Waals surface area contributed by atoms with Crippen LogP contribution in [0.3, 0.4) is 0 Å². The van der Waals surface area contributed by atoms with Gasteiger partial charge in [0.05, 0.1) is 0 Å². The highest BCUT2D eigenvalue weighted by Gasteiger charge is 2.10. The number of nitrogens with one attached hydrogen (secondary N) is 2. The van der Waals surface area contributed by atoms with E-state index in [1.165, 1.54) is 6.07 Å². The van der Waals surface area contributed by atoms with Gasteiger partial charge in [-0.25, -0.2) is 8.78 Å². The molecule has 0 radical (unpaired) electrons. The van der Waals surface area contributed by atoms with E-state index >= 15 is 0 Å². The summed E-state index contributed by atoms with van der Waals surface area (Å²) in [5.74, 6) is -3.03. The minimum absolute atomic E-state index is 0.110. The largest absolute Gasteiger partial charge is 0.356 e. The first kappa shape index (κ1) is 17.0. The average Bonchev–Trinajstić information content (AvgIpc) is 2.38. The lowest BCUT2D eigenvalue weighted by Gasteiger charge is -2.10. The fraction of sp³-hybridized carbons (Fsp3) is 0.429. The second-order valence-electron chi connectivity index (χ2n) is 4.86. The molecule has 0 bridgehead atoms. The van der Waals surface area contributed by atoms with Crippen LogP contribution in [0.2, 0.25) is 0 Å². The molecule has 0 heterocycles. The summed E-state index contributed by atoms with van der Waals surface area (Å²) in [4.78, 5) is 25.0. The number of anilines is 1. The number of amides is 2. The van der Waals surface area contributed by atoms with E-state index in [2.05, 4.69) is 10.6 Å². The summed E-state index contributed by atoms with van der Waals surface area (Å²) in [5, 5.41) is 4.95. The van der Waals surface area contributed by atoms with Gasteiger partial charge in [-0.2, -0.15) is 0 Å². The van der Waals surface area contributed by atoms with E-state index in [-0.39, 0.29) is 12.1 Å². The van der Waals surface area contributed by atoms with Crippen molar-refractivity contribution in [2.45, 2.75) is 12.8 Å². The number of carbonyl (C=O) groups is 2. The Labute approximate surface area is 122 Å². The minimum Gasteiger partial charge on any atom is -0.356 e. The van der Waals surface area contributed by atoms with Gasteiger partial charge in [0.2, 0.25) is 11.8 Å². The third-order valence-electron chi connectivity index (χ3n) is 2.63. The van der Waals surface area contributed by atoms with Crippen molar-refractivity contribution in [3.8, 4) is 0 Å². The number of benzene rings is 1. The number of carbonyl (C=O) groups excluding carboxylic acids is 2. The van der Waals surface area contributed by atoms with Crippen LogP contribution in [0.1, 0.15) is 12.8 Å². The van der Waals surface area contributed by atoms with Gasteiger partial charge in [-0.05, 0) is 39.2 Å². The van der Waals surface area contributed by atoms with Crippen LogP contribution in [0.5, 0.6) is 0 Å². The predicted octanol–water partition coefficient (Wildman–Crippen LogP) is 1.36. The lowest BCUT2D eigenvalue weighted by Crippen LogP contribution is -2.30. The summed E-state index contributed by atoms with van der Waals surface area (Å²) in [6, 6.07) is 3.00. The SMILES string of the molecule is CN(C)CCCNC(=O)CC(=O)Nc1ccc(F)c(F)c1. The molecule has 0 aromatic heterocycles. The van der Waals surface area contributed by atoms with Crippen LogP contribution in [0.15, 0.2) is 18.2 Å². The molecule has 2 N–H and O–H groups in total. The Morgan fingerprint density at radius 1 is 1.14 bits per heavy atom. The second-order valence-corrected chi connectivity index (χ2v) is 4.86. The molecule has 0 spiro atoms. The van der Waals surface area contributed by atoms with Crippen LogP contribution >= 0.6 is 0 Å². The van der Waals surface area contributed by atoms with Crippen molar-refractivity contribution in [1.29, 1.82) is 0 Å². The van der Waals surface area contributed by atoms with Gasteiger partial charge in [-0.1, -0.05) is 0 Å². The average molecular weight is 299 g/mol. The van der Waals surface area contributed by atoms with E-state index in [1.54, 1.807) is 0 Å². The van der Waals surface area contributed by atoms with Gasteiger partial charge in [-0.3, -0.25) is 9.59 Å². The molecule has 0 aliphatic rings. The Hall–Kier alpha value is -2.02. The van der Waals surface area contributed by atoms with E-state index in [4.69, 9.17) is 0 Å². The summed E-state index contributed by atoms with van der Waals surface area (Å²) < 4.78 is 25.7. The summed E-state index contributed by atoms with van der Waals surface area (Å²) in [6.07, 6.45) is 0.421. The van der Waals surface area contributed by atoms with Crippen molar-refractivity contribution in [2.24, 2.45) is 0 Å². The smallest absolute Gasteiger partial charge is 0.233 e. The maximum atomic E-state index is 13.0. The zero-order chi connectivity index (χ0) is 15.8. The maximum absolute atomic E-state index is 13.0. The van der Waals surface area contributed by atoms with Crippen molar-refractivity contribution >= 4 is 17.5 Å². The van der Waals surface area contributed by atoms with Crippen molar-refractivity contribution < 1.29 is 18.4 Å². The zero-order valence-electron chi connectivity index (χ0n) is 12.1.